The lowest BCUT2D eigenvalue weighted by molar-refractivity contribution is -0.123. The van der Waals surface area contributed by atoms with Gasteiger partial charge in [-0.2, -0.15) is 4.31 Å². The van der Waals surface area contributed by atoms with Crippen LogP contribution in [0.4, 0.5) is 5.69 Å². The number of nitrogens with one attached hydrogen (secondary N) is 1. The lowest BCUT2D eigenvalue weighted by Crippen LogP contribution is -2.40. The summed E-state index contributed by atoms with van der Waals surface area (Å²) in [7, 11) is -2.30. The Labute approximate surface area is 164 Å². The van der Waals surface area contributed by atoms with E-state index in [9.17, 15) is 18.0 Å². The summed E-state index contributed by atoms with van der Waals surface area (Å²) < 4.78 is 37.6. The summed E-state index contributed by atoms with van der Waals surface area (Å²) in [6, 6.07) is 4.52. The molecule has 0 spiro atoms. The maximum Gasteiger partial charge on any atom is 0.340 e. The first-order valence-corrected chi connectivity index (χ1v) is 10.7. The number of morpholine rings is 1. The summed E-state index contributed by atoms with van der Waals surface area (Å²) in [5.74, 6) is -1.15. The summed E-state index contributed by atoms with van der Waals surface area (Å²) in [6.07, 6.45) is 2.00. The molecular weight excluding hydrogens is 386 g/mol. The minimum absolute atomic E-state index is 0.0317. The van der Waals surface area contributed by atoms with Crippen molar-refractivity contribution in [2.75, 3.05) is 57.9 Å². The van der Waals surface area contributed by atoms with Gasteiger partial charge in [0.2, 0.25) is 10.0 Å². The number of nitrogens with zero attached hydrogens (tertiary/aromatic N) is 2. The predicted octanol–water partition coefficient (Wildman–Crippen LogP) is 0.211. The average Bonchev–Trinajstić information content (AvgIpc) is 3.26. The summed E-state index contributed by atoms with van der Waals surface area (Å²) in [6.45, 7) is 2.36. The van der Waals surface area contributed by atoms with Gasteiger partial charge in [-0.05, 0) is 31.0 Å². The van der Waals surface area contributed by atoms with Crippen LogP contribution < -0.4 is 10.2 Å². The monoisotopic (exact) mass is 411 g/mol. The van der Waals surface area contributed by atoms with Crippen LogP contribution in [-0.2, 0) is 24.3 Å². The second-order valence-corrected chi connectivity index (χ2v) is 8.58. The van der Waals surface area contributed by atoms with E-state index >= 15 is 0 Å². The molecule has 2 aliphatic rings. The fourth-order valence-corrected chi connectivity index (χ4v) is 4.72. The predicted molar refractivity (Wildman–Crippen MR) is 102 cm³/mol. The van der Waals surface area contributed by atoms with Crippen LogP contribution in [0.1, 0.15) is 23.2 Å². The number of benzene rings is 1. The van der Waals surface area contributed by atoms with Gasteiger partial charge >= 0.3 is 5.97 Å². The van der Waals surface area contributed by atoms with Crippen molar-refractivity contribution < 1.29 is 27.5 Å². The number of amides is 1. The number of anilines is 1. The number of carbonyl (C=O) groups excluding carboxylic acids is 2. The lowest BCUT2D eigenvalue weighted by Gasteiger charge is -2.27. The Morgan fingerprint density at radius 2 is 1.82 bits per heavy atom. The van der Waals surface area contributed by atoms with Crippen LogP contribution in [0, 0.1) is 0 Å². The molecule has 2 saturated heterocycles. The van der Waals surface area contributed by atoms with E-state index in [0.29, 0.717) is 18.9 Å². The second kappa shape index (κ2) is 8.89. The molecule has 1 N–H and O–H groups in total. The minimum atomic E-state index is -3.75. The Morgan fingerprint density at radius 3 is 2.46 bits per heavy atom. The molecule has 2 fully saturated rings. The summed E-state index contributed by atoms with van der Waals surface area (Å²) in [5, 5.41) is 2.38. The molecule has 1 amide bonds. The van der Waals surface area contributed by atoms with E-state index in [2.05, 4.69) is 5.32 Å². The van der Waals surface area contributed by atoms with Crippen molar-refractivity contribution >= 4 is 27.6 Å². The number of hydrogen-bond donors (Lipinski definition) is 1. The quantitative estimate of drug-likeness (QED) is 0.667. The van der Waals surface area contributed by atoms with E-state index in [1.54, 1.807) is 6.07 Å². The van der Waals surface area contributed by atoms with Crippen molar-refractivity contribution in [3.63, 3.8) is 0 Å². The smallest absolute Gasteiger partial charge is 0.340 e. The van der Waals surface area contributed by atoms with E-state index in [0.717, 1.165) is 25.9 Å². The maximum absolute atomic E-state index is 12.9. The fourth-order valence-electron chi connectivity index (χ4n) is 3.29. The van der Waals surface area contributed by atoms with Crippen molar-refractivity contribution in [3.8, 4) is 0 Å². The highest BCUT2D eigenvalue weighted by Crippen LogP contribution is 2.29. The van der Waals surface area contributed by atoms with Crippen LogP contribution in [0.3, 0.4) is 0 Å². The van der Waals surface area contributed by atoms with E-state index in [1.807, 2.05) is 4.90 Å². The molecule has 0 radical (unpaired) electrons. The Morgan fingerprint density at radius 1 is 1.14 bits per heavy atom. The van der Waals surface area contributed by atoms with Crippen LogP contribution in [0.15, 0.2) is 23.1 Å². The van der Waals surface area contributed by atoms with Gasteiger partial charge < -0.3 is 19.7 Å². The van der Waals surface area contributed by atoms with Gasteiger partial charge in [0.1, 0.15) is 0 Å². The normalized spacial score (nSPS) is 18.1. The van der Waals surface area contributed by atoms with E-state index in [1.165, 1.54) is 23.5 Å². The first-order chi connectivity index (χ1) is 13.4. The molecule has 3 rings (SSSR count). The molecule has 0 atom stereocenters. The number of likely N-dealkylation sites (N-methyl/N-ethyl adjacent to an activating group) is 1. The lowest BCUT2D eigenvalue weighted by atomic mass is 10.1. The zero-order chi connectivity index (χ0) is 20.1. The van der Waals surface area contributed by atoms with Gasteiger partial charge in [-0.1, -0.05) is 0 Å². The van der Waals surface area contributed by atoms with Crippen LogP contribution in [0.25, 0.3) is 0 Å². The zero-order valence-electron chi connectivity index (χ0n) is 15.8. The summed E-state index contributed by atoms with van der Waals surface area (Å²) in [5.41, 5.74) is 0.778. The van der Waals surface area contributed by atoms with Crippen molar-refractivity contribution in [1.29, 1.82) is 0 Å². The molecule has 9 nitrogen and oxygen atoms in total. The Bertz CT molecular complexity index is 830. The zero-order valence-corrected chi connectivity index (χ0v) is 16.7. The van der Waals surface area contributed by atoms with E-state index < -0.39 is 28.5 Å². The molecule has 1 aromatic rings. The van der Waals surface area contributed by atoms with E-state index in [-0.39, 0.29) is 23.5 Å². The Balaban J connectivity index is 1.92. The van der Waals surface area contributed by atoms with Crippen LogP contribution >= 0.6 is 0 Å². The molecule has 0 aliphatic carbocycles. The SMILES string of the molecule is CNC(=O)COC(=O)c1cc(S(=O)(=O)N2CCOCC2)ccc1N1CCCC1. The molecule has 0 bridgehead atoms. The van der Waals surface area contributed by atoms with Gasteiger partial charge in [-0.3, -0.25) is 4.79 Å². The molecule has 10 heteroatoms. The number of sulfonamides is 1. The third-order valence-electron chi connectivity index (χ3n) is 4.86. The Hall–Kier alpha value is -2.17. The third kappa shape index (κ3) is 4.45. The van der Waals surface area contributed by atoms with Gasteiger partial charge in [-0.15, -0.1) is 0 Å². The van der Waals surface area contributed by atoms with Gasteiger partial charge in [0.15, 0.2) is 6.61 Å². The van der Waals surface area contributed by atoms with Crippen LogP contribution in [-0.4, -0.2) is 77.6 Å². The maximum atomic E-state index is 12.9. The van der Waals surface area contributed by atoms with Crippen molar-refractivity contribution in [2.45, 2.75) is 17.7 Å². The third-order valence-corrected chi connectivity index (χ3v) is 6.75. The molecule has 154 valence electrons. The fraction of sp³-hybridized carbons (Fsp3) is 0.556. The Kier molecular flexibility index (Phi) is 6.53. The topological polar surface area (TPSA) is 105 Å². The van der Waals surface area contributed by atoms with Crippen molar-refractivity contribution in [1.82, 2.24) is 9.62 Å². The number of rotatable bonds is 6. The molecule has 28 heavy (non-hydrogen) atoms. The first kappa shape index (κ1) is 20.6. The highest BCUT2D eigenvalue weighted by atomic mass is 32.2. The highest BCUT2D eigenvalue weighted by Gasteiger charge is 2.29. The largest absolute Gasteiger partial charge is 0.452 e. The summed E-state index contributed by atoms with van der Waals surface area (Å²) >= 11 is 0. The molecule has 0 unspecified atom stereocenters. The number of ether oxygens (including phenoxy) is 2. The van der Waals surface area contributed by atoms with Gasteiger partial charge in [0, 0.05) is 33.2 Å². The van der Waals surface area contributed by atoms with Crippen LogP contribution in [0.5, 0.6) is 0 Å². The molecule has 0 aromatic heterocycles. The molecule has 2 heterocycles. The van der Waals surface area contributed by atoms with Gasteiger partial charge in [0.05, 0.1) is 29.4 Å². The van der Waals surface area contributed by atoms with Crippen LogP contribution in [0.2, 0.25) is 0 Å². The highest BCUT2D eigenvalue weighted by molar-refractivity contribution is 7.89. The standard InChI is InChI=1S/C18H25N3O6S/c1-19-17(22)13-27-18(23)15-12-14(4-5-16(15)20-6-2-3-7-20)28(24,25)21-8-10-26-11-9-21/h4-5,12H,2-3,6-11,13H2,1H3,(H,19,22). The summed E-state index contributed by atoms with van der Waals surface area (Å²) in [4.78, 5) is 26.1. The second-order valence-electron chi connectivity index (χ2n) is 6.64. The number of carbonyl (C=O) groups is 2. The van der Waals surface area contributed by atoms with Crippen molar-refractivity contribution in [3.05, 3.63) is 23.8 Å². The average molecular weight is 411 g/mol. The molecule has 1 aromatic carbocycles. The first-order valence-electron chi connectivity index (χ1n) is 9.28. The van der Waals surface area contributed by atoms with E-state index in [4.69, 9.17) is 9.47 Å². The number of hydrogen-bond acceptors (Lipinski definition) is 7. The molecule has 0 saturated carbocycles. The number of esters is 1. The molecule has 2 aliphatic heterocycles. The van der Waals surface area contributed by atoms with Gasteiger partial charge in [0.25, 0.3) is 5.91 Å². The minimum Gasteiger partial charge on any atom is -0.452 e. The van der Waals surface area contributed by atoms with Gasteiger partial charge in [-0.25, -0.2) is 13.2 Å². The molecular formula is C18H25N3O6S. The van der Waals surface area contributed by atoms with Crippen molar-refractivity contribution in [2.24, 2.45) is 0 Å².